The molecule has 0 atom stereocenters. The Morgan fingerprint density at radius 2 is 0.978 bits per heavy atom. The summed E-state index contributed by atoms with van der Waals surface area (Å²) in [6, 6.07) is 51.8. The van der Waals surface area contributed by atoms with Gasteiger partial charge in [-0.3, -0.25) is 0 Å². The van der Waals surface area contributed by atoms with Crippen LogP contribution in [0.15, 0.2) is 156 Å². The number of hydrogen-bond acceptors (Lipinski definition) is 4. The van der Waals surface area contributed by atoms with Crippen molar-refractivity contribution in [3.63, 3.8) is 0 Å². The molecular formula is C41H25N3O. The second-order valence-corrected chi connectivity index (χ2v) is 11.2. The van der Waals surface area contributed by atoms with Gasteiger partial charge in [-0.1, -0.05) is 127 Å². The van der Waals surface area contributed by atoms with Crippen molar-refractivity contribution in [1.82, 2.24) is 15.0 Å². The fourth-order valence-electron chi connectivity index (χ4n) is 6.39. The van der Waals surface area contributed by atoms with Gasteiger partial charge < -0.3 is 4.42 Å². The summed E-state index contributed by atoms with van der Waals surface area (Å²) in [6.45, 7) is 0. The predicted molar refractivity (Wildman–Crippen MR) is 184 cm³/mol. The van der Waals surface area contributed by atoms with Crippen LogP contribution in [0.5, 0.6) is 0 Å². The number of rotatable bonds is 4. The van der Waals surface area contributed by atoms with Gasteiger partial charge in [-0.15, -0.1) is 0 Å². The highest BCUT2D eigenvalue weighted by molar-refractivity contribution is 6.30. The van der Waals surface area contributed by atoms with Crippen molar-refractivity contribution in [1.29, 1.82) is 0 Å². The largest absolute Gasteiger partial charge is 0.455 e. The van der Waals surface area contributed by atoms with E-state index in [0.29, 0.717) is 5.82 Å². The monoisotopic (exact) mass is 575 g/mol. The molecule has 0 aliphatic rings. The van der Waals surface area contributed by atoms with E-state index in [-0.39, 0.29) is 0 Å². The van der Waals surface area contributed by atoms with Crippen LogP contribution in [0.2, 0.25) is 0 Å². The lowest BCUT2D eigenvalue weighted by Gasteiger charge is -2.14. The van der Waals surface area contributed by atoms with Crippen LogP contribution in [-0.4, -0.2) is 15.0 Å². The maximum absolute atomic E-state index is 6.73. The molecule has 45 heavy (non-hydrogen) atoms. The highest BCUT2D eigenvalue weighted by Crippen LogP contribution is 2.45. The second kappa shape index (κ2) is 10.2. The maximum Gasteiger partial charge on any atom is 0.164 e. The number of para-hydroxylation sites is 2. The van der Waals surface area contributed by atoms with Crippen LogP contribution in [0.4, 0.5) is 0 Å². The number of hydrogen-bond donors (Lipinski definition) is 0. The number of aromatic nitrogens is 3. The fourth-order valence-corrected chi connectivity index (χ4v) is 6.39. The zero-order chi connectivity index (χ0) is 29.7. The lowest BCUT2D eigenvalue weighted by molar-refractivity contribution is 0.670. The Kier molecular flexibility index (Phi) is 5.78. The Morgan fingerprint density at radius 1 is 0.422 bits per heavy atom. The van der Waals surface area contributed by atoms with Gasteiger partial charge in [0.2, 0.25) is 0 Å². The van der Waals surface area contributed by atoms with Gasteiger partial charge in [-0.05, 0) is 24.3 Å². The Hall–Kier alpha value is -6.13. The van der Waals surface area contributed by atoms with Crippen molar-refractivity contribution in [3.05, 3.63) is 152 Å². The molecule has 0 unspecified atom stereocenters. The lowest BCUT2D eigenvalue weighted by atomic mass is 9.93. The van der Waals surface area contributed by atoms with Gasteiger partial charge in [0.15, 0.2) is 5.82 Å². The molecule has 0 aliphatic carbocycles. The minimum absolute atomic E-state index is 0.605. The summed E-state index contributed by atoms with van der Waals surface area (Å²) in [6.07, 6.45) is 0. The summed E-state index contributed by atoms with van der Waals surface area (Å²) in [4.78, 5) is 15.6. The standard InChI is InChI=1S/C41H25N3O/c1-4-14-26(15-5-1)34-25-35(27-16-6-2-7-17-27)44-41(43-34)32-24-31-37(38-30-21-11-13-23-36(30)45-40(32)38)29-20-10-12-22-33(29)42-39(31)28-18-8-3-9-19-28/h1-25H. The maximum atomic E-state index is 6.73. The number of benzene rings is 6. The van der Waals surface area contributed by atoms with Crippen LogP contribution < -0.4 is 0 Å². The first kappa shape index (κ1) is 25.4. The van der Waals surface area contributed by atoms with Crippen LogP contribution in [0.1, 0.15) is 0 Å². The molecule has 0 spiro atoms. The third-order valence-electron chi connectivity index (χ3n) is 8.46. The first-order valence-electron chi connectivity index (χ1n) is 15.0. The van der Waals surface area contributed by atoms with E-state index in [0.717, 1.165) is 82.9 Å². The van der Waals surface area contributed by atoms with Crippen molar-refractivity contribution in [2.75, 3.05) is 0 Å². The van der Waals surface area contributed by atoms with E-state index in [2.05, 4.69) is 91.0 Å². The summed E-state index contributed by atoms with van der Waals surface area (Å²) >= 11 is 0. The predicted octanol–water partition coefficient (Wildman–Crippen LogP) is 10.7. The topological polar surface area (TPSA) is 51.8 Å². The Balaban J connectivity index is 1.46. The molecule has 0 saturated carbocycles. The first-order valence-corrected chi connectivity index (χ1v) is 15.0. The molecule has 9 aromatic rings. The molecule has 3 heterocycles. The van der Waals surface area contributed by atoms with E-state index in [1.807, 2.05) is 60.7 Å². The van der Waals surface area contributed by atoms with Crippen LogP contribution in [0.25, 0.3) is 88.8 Å². The molecular weight excluding hydrogens is 550 g/mol. The zero-order valence-electron chi connectivity index (χ0n) is 24.2. The smallest absolute Gasteiger partial charge is 0.164 e. The SMILES string of the molecule is c1ccc(-c2cc(-c3ccccc3)nc(-c3cc4c(-c5ccccc5)nc5ccccc5c4c4c3oc3ccccc34)n2)cc1. The normalized spacial score (nSPS) is 11.6. The molecule has 0 saturated heterocycles. The van der Waals surface area contributed by atoms with Gasteiger partial charge in [-0.25, -0.2) is 15.0 Å². The van der Waals surface area contributed by atoms with Crippen molar-refractivity contribution >= 4 is 43.6 Å². The Morgan fingerprint density at radius 3 is 1.64 bits per heavy atom. The van der Waals surface area contributed by atoms with Gasteiger partial charge >= 0.3 is 0 Å². The summed E-state index contributed by atoms with van der Waals surface area (Å²) in [5.41, 5.74) is 9.09. The summed E-state index contributed by atoms with van der Waals surface area (Å²) in [7, 11) is 0. The quantitative estimate of drug-likeness (QED) is 0.196. The minimum atomic E-state index is 0.605. The molecule has 4 heteroatoms. The average Bonchev–Trinajstić information content (AvgIpc) is 3.51. The van der Waals surface area contributed by atoms with Gasteiger partial charge in [0.1, 0.15) is 11.2 Å². The van der Waals surface area contributed by atoms with E-state index >= 15 is 0 Å². The van der Waals surface area contributed by atoms with Crippen molar-refractivity contribution < 1.29 is 4.42 Å². The van der Waals surface area contributed by atoms with Crippen molar-refractivity contribution in [3.8, 4) is 45.2 Å². The minimum Gasteiger partial charge on any atom is -0.455 e. The van der Waals surface area contributed by atoms with E-state index < -0.39 is 0 Å². The van der Waals surface area contributed by atoms with Crippen LogP contribution >= 0.6 is 0 Å². The third-order valence-corrected chi connectivity index (χ3v) is 8.46. The molecule has 3 aromatic heterocycles. The molecule has 0 radical (unpaired) electrons. The molecule has 6 aromatic carbocycles. The molecule has 0 amide bonds. The summed E-state index contributed by atoms with van der Waals surface area (Å²) < 4.78 is 6.73. The van der Waals surface area contributed by atoms with E-state index in [4.69, 9.17) is 19.4 Å². The van der Waals surface area contributed by atoms with Crippen LogP contribution in [-0.2, 0) is 0 Å². The van der Waals surface area contributed by atoms with E-state index in [9.17, 15) is 0 Å². The Bertz CT molecular complexity index is 2460. The van der Waals surface area contributed by atoms with E-state index in [1.165, 1.54) is 0 Å². The third kappa shape index (κ3) is 4.19. The van der Waals surface area contributed by atoms with Crippen molar-refractivity contribution in [2.45, 2.75) is 0 Å². The van der Waals surface area contributed by atoms with E-state index in [1.54, 1.807) is 0 Å². The number of fused-ring (bicyclic) bond motifs is 7. The molecule has 0 aliphatic heterocycles. The fraction of sp³-hybridized carbons (Fsp3) is 0. The zero-order valence-corrected chi connectivity index (χ0v) is 24.2. The van der Waals surface area contributed by atoms with Crippen LogP contribution in [0, 0.1) is 0 Å². The average molecular weight is 576 g/mol. The second-order valence-electron chi connectivity index (χ2n) is 11.2. The molecule has 9 rings (SSSR count). The van der Waals surface area contributed by atoms with Gasteiger partial charge in [0, 0.05) is 43.6 Å². The summed E-state index contributed by atoms with van der Waals surface area (Å²) in [5.74, 6) is 0.605. The van der Waals surface area contributed by atoms with Gasteiger partial charge in [-0.2, -0.15) is 0 Å². The Labute approximate surface area is 259 Å². The lowest BCUT2D eigenvalue weighted by Crippen LogP contribution is -1.97. The highest BCUT2D eigenvalue weighted by atomic mass is 16.3. The molecule has 210 valence electrons. The molecule has 0 N–H and O–H groups in total. The molecule has 0 bridgehead atoms. The number of pyridine rings is 1. The molecule has 4 nitrogen and oxygen atoms in total. The van der Waals surface area contributed by atoms with Gasteiger partial charge in [0.05, 0.1) is 28.2 Å². The number of nitrogens with zero attached hydrogens (tertiary/aromatic N) is 3. The molecule has 0 fully saturated rings. The number of furan rings is 1. The highest BCUT2D eigenvalue weighted by Gasteiger charge is 2.23. The van der Waals surface area contributed by atoms with Crippen molar-refractivity contribution in [2.24, 2.45) is 0 Å². The van der Waals surface area contributed by atoms with Gasteiger partial charge in [0.25, 0.3) is 0 Å². The van der Waals surface area contributed by atoms with Crippen LogP contribution in [0.3, 0.4) is 0 Å². The summed E-state index contributed by atoms with van der Waals surface area (Å²) in [5, 5.41) is 5.33. The first-order chi connectivity index (χ1) is 22.3.